The minimum absolute atomic E-state index is 0.228. The molecular weight excluding hydrogens is 240 g/mol. The summed E-state index contributed by atoms with van der Waals surface area (Å²) in [6.07, 6.45) is 0. The summed E-state index contributed by atoms with van der Waals surface area (Å²) in [5.41, 5.74) is 3.34. The van der Waals surface area contributed by atoms with Gasteiger partial charge < -0.3 is 9.84 Å². The molecule has 19 heavy (non-hydrogen) atoms. The van der Waals surface area contributed by atoms with E-state index < -0.39 is 5.97 Å². The van der Waals surface area contributed by atoms with Gasteiger partial charge in [0.05, 0.1) is 5.56 Å². The summed E-state index contributed by atoms with van der Waals surface area (Å²) >= 11 is 0. The number of carboxylic acids is 1. The molecule has 3 nitrogen and oxygen atoms in total. The zero-order valence-electron chi connectivity index (χ0n) is 11.2. The average molecular weight is 256 g/mol. The molecule has 1 N–H and O–H groups in total. The van der Waals surface area contributed by atoms with Gasteiger partial charge in [-0.3, -0.25) is 0 Å². The lowest BCUT2D eigenvalue weighted by molar-refractivity contribution is 0.0696. The minimum atomic E-state index is -0.953. The molecule has 0 radical (unpaired) electrons. The Kier molecular flexibility index (Phi) is 3.56. The molecule has 98 valence electrons. The highest BCUT2D eigenvalue weighted by molar-refractivity contribution is 5.88. The minimum Gasteiger partial charge on any atom is -0.478 e. The smallest absolute Gasteiger partial charge is 0.335 e. The lowest BCUT2D eigenvalue weighted by Crippen LogP contribution is -1.98. The molecule has 0 spiro atoms. The highest BCUT2D eigenvalue weighted by atomic mass is 16.5. The maximum absolute atomic E-state index is 11.0. The molecule has 0 fully saturated rings. The van der Waals surface area contributed by atoms with Crippen LogP contribution in [0.3, 0.4) is 0 Å². The second-order valence-corrected chi connectivity index (χ2v) is 4.59. The van der Waals surface area contributed by atoms with Gasteiger partial charge in [0, 0.05) is 0 Å². The average Bonchev–Trinajstić information content (AvgIpc) is 2.37. The van der Waals surface area contributed by atoms with Crippen molar-refractivity contribution in [2.45, 2.75) is 20.8 Å². The number of aryl methyl sites for hydroxylation is 2. The van der Waals surface area contributed by atoms with E-state index in [9.17, 15) is 4.79 Å². The molecular formula is C16H16O3. The van der Waals surface area contributed by atoms with Gasteiger partial charge in [-0.2, -0.15) is 0 Å². The number of ether oxygens (including phenoxy) is 1. The molecule has 2 rings (SSSR count). The molecule has 2 aromatic carbocycles. The van der Waals surface area contributed by atoms with E-state index in [-0.39, 0.29) is 5.56 Å². The molecule has 0 aliphatic carbocycles. The maximum Gasteiger partial charge on any atom is 0.335 e. The Morgan fingerprint density at radius 2 is 1.74 bits per heavy atom. The van der Waals surface area contributed by atoms with Gasteiger partial charge in [0.25, 0.3) is 0 Å². The van der Waals surface area contributed by atoms with Crippen LogP contribution in [0.15, 0.2) is 36.4 Å². The number of carbonyl (C=O) groups is 1. The van der Waals surface area contributed by atoms with Crippen LogP contribution >= 0.6 is 0 Å². The fourth-order valence-corrected chi connectivity index (χ4v) is 1.80. The van der Waals surface area contributed by atoms with Gasteiger partial charge >= 0.3 is 5.97 Å². The molecule has 0 saturated heterocycles. The Hall–Kier alpha value is -2.29. The molecule has 0 aliphatic rings. The summed E-state index contributed by atoms with van der Waals surface area (Å²) in [6.45, 7) is 5.90. The van der Waals surface area contributed by atoms with E-state index in [0.717, 1.165) is 22.4 Å². The third-order valence-electron chi connectivity index (χ3n) is 3.21. The second-order valence-electron chi connectivity index (χ2n) is 4.59. The molecule has 0 unspecified atom stereocenters. The number of rotatable bonds is 3. The van der Waals surface area contributed by atoms with Crippen LogP contribution in [0, 0.1) is 20.8 Å². The number of benzene rings is 2. The van der Waals surface area contributed by atoms with Crippen LogP contribution in [0.5, 0.6) is 11.5 Å². The van der Waals surface area contributed by atoms with Crippen molar-refractivity contribution in [3.63, 3.8) is 0 Å². The largest absolute Gasteiger partial charge is 0.478 e. The van der Waals surface area contributed by atoms with Gasteiger partial charge in [-0.05, 0) is 55.7 Å². The highest BCUT2D eigenvalue weighted by Crippen LogP contribution is 2.29. The van der Waals surface area contributed by atoms with Crippen molar-refractivity contribution in [2.24, 2.45) is 0 Å². The first-order valence-corrected chi connectivity index (χ1v) is 6.07. The lowest BCUT2D eigenvalue weighted by atomic mass is 10.1. The fourth-order valence-electron chi connectivity index (χ4n) is 1.80. The van der Waals surface area contributed by atoms with Gasteiger partial charge in [-0.25, -0.2) is 4.79 Å². The van der Waals surface area contributed by atoms with Crippen LogP contribution in [0.4, 0.5) is 0 Å². The predicted octanol–water partition coefficient (Wildman–Crippen LogP) is 4.10. The number of carboxylic acid groups (broad SMARTS) is 1. The number of hydrogen-bond donors (Lipinski definition) is 1. The van der Waals surface area contributed by atoms with Crippen molar-refractivity contribution in [3.8, 4) is 11.5 Å². The second kappa shape index (κ2) is 5.14. The van der Waals surface area contributed by atoms with E-state index in [0.29, 0.717) is 5.75 Å². The summed E-state index contributed by atoms with van der Waals surface area (Å²) in [4.78, 5) is 11.0. The first kappa shape index (κ1) is 13.1. The van der Waals surface area contributed by atoms with Crippen LogP contribution in [0.1, 0.15) is 27.0 Å². The molecule has 2 aromatic rings. The molecule has 0 heterocycles. The molecule has 0 aromatic heterocycles. The highest BCUT2D eigenvalue weighted by Gasteiger charge is 2.09. The summed E-state index contributed by atoms with van der Waals surface area (Å²) in [5, 5.41) is 9.01. The number of aromatic carboxylic acids is 1. The molecule has 0 aliphatic heterocycles. The zero-order chi connectivity index (χ0) is 14.0. The molecule has 0 saturated carbocycles. The molecule has 0 bridgehead atoms. The van der Waals surface area contributed by atoms with Crippen molar-refractivity contribution >= 4 is 5.97 Å². The Labute approximate surface area is 112 Å². The van der Waals surface area contributed by atoms with Gasteiger partial charge in [-0.15, -0.1) is 0 Å². The third kappa shape index (κ3) is 2.76. The normalized spacial score (nSPS) is 10.3. The van der Waals surface area contributed by atoms with Crippen LogP contribution in [0.2, 0.25) is 0 Å². The SMILES string of the molecule is Cc1ccc(C(=O)O)cc1Oc1cccc(C)c1C. The van der Waals surface area contributed by atoms with E-state index in [2.05, 4.69) is 0 Å². The van der Waals surface area contributed by atoms with Gasteiger partial charge in [-0.1, -0.05) is 18.2 Å². The summed E-state index contributed by atoms with van der Waals surface area (Å²) in [6, 6.07) is 10.7. The summed E-state index contributed by atoms with van der Waals surface area (Å²) in [5.74, 6) is 0.380. The summed E-state index contributed by atoms with van der Waals surface area (Å²) in [7, 11) is 0. The van der Waals surface area contributed by atoms with E-state index in [1.807, 2.05) is 39.0 Å². The maximum atomic E-state index is 11.0. The van der Waals surface area contributed by atoms with Crippen molar-refractivity contribution in [1.29, 1.82) is 0 Å². The Morgan fingerprint density at radius 3 is 2.42 bits per heavy atom. The van der Waals surface area contributed by atoms with Crippen LogP contribution in [-0.4, -0.2) is 11.1 Å². The van der Waals surface area contributed by atoms with E-state index >= 15 is 0 Å². The van der Waals surface area contributed by atoms with Gasteiger partial charge in [0.1, 0.15) is 11.5 Å². The van der Waals surface area contributed by atoms with Crippen LogP contribution in [0.25, 0.3) is 0 Å². The van der Waals surface area contributed by atoms with Crippen LogP contribution < -0.4 is 4.74 Å². The third-order valence-corrected chi connectivity index (χ3v) is 3.21. The molecule has 3 heteroatoms. The Balaban J connectivity index is 2.40. The van der Waals surface area contributed by atoms with Gasteiger partial charge in [0.15, 0.2) is 0 Å². The van der Waals surface area contributed by atoms with Crippen molar-refractivity contribution in [1.82, 2.24) is 0 Å². The Bertz CT molecular complexity index is 630. The standard InChI is InChI=1S/C16H16O3/c1-10-5-4-6-14(12(10)3)19-15-9-13(16(17)18)8-7-11(15)2/h4-9H,1-3H3,(H,17,18). The first-order valence-electron chi connectivity index (χ1n) is 6.07. The summed E-state index contributed by atoms with van der Waals surface area (Å²) < 4.78 is 5.85. The lowest BCUT2D eigenvalue weighted by Gasteiger charge is -2.13. The molecule has 0 amide bonds. The van der Waals surface area contributed by atoms with E-state index in [1.165, 1.54) is 0 Å². The van der Waals surface area contributed by atoms with E-state index in [4.69, 9.17) is 9.84 Å². The zero-order valence-corrected chi connectivity index (χ0v) is 11.2. The van der Waals surface area contributed by atoms with Crippen molar-refractivity contribution in [2.75, 3.05) is 0 Å². The topological polar surface area (TPSA) is 46.5 Å². The van der Waals surface area contributed by atoms with Crippen molar-refractivity contribution < 1.29 is 14.6 Å². The quantitative estimate of drug-likeness (QED) is 0.899. The monoisotopic (exact) mass is 256 g/mol. The predicted molar refractivity (Wildman–Crippen MR) is 74.1 cm³/mol. The molecule has 0 atom stereocenters. The van der Waals surface area contributed by atoms with Gasteiger partial charge in [0.2, 0.25) is 0 Å². The van der Waals surface area contributed by atoms with Crippen LogP contribution in [-0.2, 0) is 0 Å². The Morgan fingerprint density at radius 1 is 1.00 bits per heavy atom. The first-order chi connectivity index (χ1) is 8.99. The van der Waals surface area contributed by atoms with E-state index in [1.54, 1.807) is 18.2 Å². The van der Waals surface area contributed by atoms with Crippen molar-refractivity contribution in [3.05, 3.63) is 58.7 Å². The number of hydrogen-bond acceptors (Lipinski definition) is 2. The fraction of sp³-hybridized carbons (Fsp3) is 0.188.